The molecule has 3 rings (SSSR count). The Morgan fingerprint density at radius 3 is 2.02 bits per heavy atom. The van der Waals surface area contributed by atoms with E-state index in [1.54, 1.807) is 0 Å². The highest BCUT2D eigenvalue weighted by Gasteiger charge is 2.07. The number of benzene rings is 2. The van der Waals surface area contributed by atoms with E-state index in [0.717, 1.165) is 28.7 Å². The van der Waals surface area contributed by atoms with Gasteiger partial charge in [-0.15, -0.1) is 12.8 Å². The van der Waals surface area contributed by atoms with Crippen molar-refractivity contribution in [3.8, 4) is 12.8 Å². The van der Waals surface area contributed by atoms with Gasteiger partial charge in [-0.05, 0) is 73.3 Å². The second-order valence-corrected chi connectivity index (χ2v) is 9.63. The van der Waals surface area contributed by atoms with E-state index in [0.29, 0.717) is 5.92 Å². The fourth-order valence-electron chi connectivity index (χ4n) is 4.20. The lowest BCUT2D eigenvalue weighted by molar-refractivity contribution is 0.754. The zero-order chi connectivity index (χ0) is 31.6. The Bertz CT molecular complexity index is 1250. The summed E-state index contributed by atoms with van der Waals surface area (Å²) in [6, 6.07) is 19.3. The van der Waals surface area contributed by atoms with E-state index >= 15 is 0 Å². The Balaban J connectivity index is 0.000000760. The van der Waals surface area contributed by atoms with Gasteiger partial charge in [0.05, 0.1) is 0 Å². The van der Waals surface area contributed by atoms with Crippen LogP contribution in [0.2, 0.25) is 0 Å². The van der Waals surface area contributed by atoms with Crippen LogP contribution >= 0.6 is 0 Å². The molecule has 2 aromatic carbocycles. The molecule has 0 amide bonds. The Hall–Kier alpha value is -4.34. The SMILES string of the molecule is C#C.C=C/C=C(\C=C/C)c1ccc(/C(C=C)=C/C=C\CC(=C)C)cc1.CC.CC(CC1=CCCC=C1)c1ccccc1. The van der Waals surface area contributed by atoms with Crippen LogP contribution in [-0.4, -0.2) is 0 Å². The van der Waals surface area contributed by atoms with E-state index in [-0.39, 0.29) is 0 Å². The van der Waals surface area contributed by atoms with E-state index in [1.807, 2.05) is 52.0 Å². The van der Waals surface area contributed by atoms with Gasteiger partial charge in [0.1, 0.15) is 0 Å². The van der Waals surface area contributed by atoms with Crippen molar-refractivity contribution in [2.75, 3.05) is 0 Å². The van der Waals surface area contributed by atoms with Gasteiger partial charge in [0, 0.05) is 0 Å². The summed E-state index contributed by atoms with van der Waals surface area (Å²) in [5.74, 6) is 0.625. The van der Waals surface area contributed by atoms with Gasteiger partial charge in [0.25, 0.3) is 0 Å². The largest absolute Gasteiger partial charge is 0.124 e. The first kappa shape index (κ1) is 37.7. The minimum absolute atomic E-state index is 0.625. The van der Waals surface area contributed by atoms with Crippen molar-refractivity contribution in [1.82, 2.24) is 0 Å². The summed E-state index contributed by atoms with van der Waals surface area (Å²) < 4.78 is 0. The average Bonchev–Trinajstić information content (AvgIpc) is 3.04. The van der Waals surface area contributed by atoms with Gasteiger partial charge in [-0.2, -0.15) is 0 Å². The van der Waals surface area contributed by atoms with Crippen molar-refractivity contribution in [2.24, 2.45) is 0 Å². The summed E-state index contributed by atoms with van der Waals surface area (Å²) >= 11 is 0. The van der Waals surface area contributed by atoms with E-state index < -0.39 is 0 Å². The molecule has 2 aromatic rings. The quantitative estimate of drug-likeness (QED) is 0.147. The van der Waals surface area contributed by atoms with E-state index in [9.17, 15) is 0 Å². The molecule has 0 N–H and O–H groups in total. The average molecular weight is 557 g/mol. The minimum atomic E-state index is 0.625. The second-order valence-electron chi connectivity index (χ2n) is 9.63. The maximum absolute atomic E-state index is 4.00. The van der Waals surface area contributed by atoms with Crippen LogP contribution in [0.4, 0.5) is 0 Å². The molecular formula is C42H52. The highest BCUT2D eigenvalue weighted by molar-refractivity contribution is 5.79. The zero-order valence-corrected chi connectivity index (χ0v) is 26.7. The van der Waals surface area contributed by atoms with Crippen LogP contribution in [0.1, 0.15) is 82.9 Å². The molecule has 42 heavy (non-hydrogen) atoms. The molecular weight excluding hydrogens is 504 g/mol. The van der Waals surface area contributed by atoms with Crippen LogP contribution in [0.3, 0.4) is 0 Å². The first-order valence-electron chi connectivity index (χ1n) is 14.9. The van der Waals surface area contributed by atoms with E-state index in [4.69, 9.17) is 0 Å². The summed E-state index contributed by atoms with van der Waals surface area (Å²) in [4.78, 5) is 0. The summed E-state index contributed by atoms with van der Waals surface area (Å²) in [5.41, 5.74) is 8.68. The van der Waals surface area contributed by atoms with Crippen LogP contribution in [-0.2, 0) is 0 Å². The predicted octanol–water partition coefficient (Wildman–Crippen LogP) is 12.7. The van der Waals surface area contributed by atoms with Crippen molar-refractivity contribution in [1.29, 1.82) is 0 Å². The molecule has 1 atom stereocenters. The fraction of sp³-hybridized carbons (Fsp3) is 0.238. The molecule has 0 fully saturated rings. The molecule has 0 radical (unpaired) electrons. The minimum Gasteiger partial charge on any atom is -0.124 e. The molecule has 1 aliphatic carbocycles. The monoisotopic (exact) mass is 556 g/mol. The summed E-state index contributed by atoms with van der Waals surface area (Å²) in [5, 5.41) is 0. The van der Waals surface area contributed by atoms with Crippen molar-refractivity contribution in [3.63, 3.8) is 0 Å². The molecule has 220 valence electrons. The number of rotatable bonds is 11. The molecule has 0 aromatic heterocycles. The van der Waals surface area contributed by atoms with Crippen molar-refractivity contribution in [2.45, 2.75) is 66.2 Å². The lowest BCUT2D eigenvalue weighted by Crippen LogP contribution is -1.96. The molecule has 0 saturated carbocycles. The molecule has 0 spiro atoms. The van der Waals surface area contributed by atoms with Gasteiger partial charge in [-0.25, -0.2) is 0 Å². The summed E-state index contributed by atoms with van der Waals surface area (Å²) in [6.45, 7) is 21.9. The van der Waals surface area contributed by atoms with Gasteiger partial charge < -0.3 is 0 Å². The maximum Gasteiger partial charge on any atom is -0.0141 e. The van der Waals surface area contributed by atoms with Crippen LogP contribution in [0.5, 0.6) is 0 Å². The van der Waals surface area contributed by atoms with Gasteiger partial charge in [-0.1, -0.05) is 173 Å². The molecule has 0 heteroatoms. The highest BCUT2D eigenvalue weighted by atomic mass is 14.1. The molecule has 0 nitrogen and oxygen atoms in total. The maximum atomic E-state index is 4.00. The Morgan fingerprint density at radius 1 is 0.905 bits per heavy atom. The Morgan fingerprint density at radius 2 is 1.52 bits per heavy atom. The third kappa shape index (κ3) is 15.4. The zero-order valence-electron chi connectivity index (χ0n) is 26.7. The molecule has 1 unspecified atom stereocenters. The third-order valence-corrected chi connectivity index (χ3v) is 6.28. The normalized spacial score (nSPS) is 13.4. The van der Waals surface area contributed by atoms with Gasteiger partial charge in [-0.3, -0.25) is 0 Å². The lowest BCUT2D eigenvalue weighted by Gasteiger charge is -2.14. The first-order valence-corrected chi connectivity index (χ1v) is 14.9. The number of hydrogen-bond donors (Lipinski definition) is 0. The Labute approximate surface area is 258 Å². The van der Waals surface area contributed by atoms with Gasteiger partial charge in [0.15, 0.2) is 0 Å². The van der Waals surface area contributed by atoms with Gasteiger partial charge in [0.2, 0.25) is 0 Å². The van der Waals surface area contributed by atoms with Crippen LogP contribution in [0.15, 0.2) is 152 Å². The fourth-order valence-corrected chi connectivity index (χ4v) is 4.20. The number of hydrogen-bond acceptors (Lipinski definition) is 0. The van der Waals surface area contributed by atoms with Crippen molar-refractivity contribution >= 4 is 11.1 Å². The summed E-state index contributed by atoms with van der Waals surface area (Å²) in [6.07, 6.45) is 35.5. The topological polar surface area (TPSA) is 0 Å². The predicted molar refractivity (Wildman–Crippen MR) is 193 cm³/mol. The molecule has 0 heterocycles. The number of allylic oxidation sites excluding steroid dienone is 15. The molecule has 1 aliphatic rings. The van der Waals surface area contributed by atoms with Crippen LogP contribution in [0, 0.1) is 12.8 Å². The summed E-state index contributed by atoms with van der Waals surface area (Å²) in [7, 11) is 0. The smallest absolute Gasteiger partial charge is 0.0141 e. The number of terminal acetylenes is 1. The Kier molecular flexibility index (Phi) is 21.9. The first-order chi connectivity index (χ1) is 20.5. The third-order valence-electron chi connectivity index (χ3n) is 6.28. The molecule has 0 aliphatic heterocycles. The van der Waals surface area contributed by atoms with Crippen LogP contribution in [0.25, 0.3) is 11.1 Å². The second kappa shape index (κ2) is 24.5. The van der Waals surface area contributed by atoms with E-state index in [1.165, 1.54) is 36.0 Å². The standard InChI is InChI=1S/C23H26.C15H18.C2H6.C2H2/c1-6-11-21(12-7-2)23-17-15-22(16-18-23)20(8-3)14-10-9-13-19(4)5;1-13(15-10-6-3-7-11-15)12-14-8-4-2-5-9-14;2*1-2/h6-12,14-18H,1,3-4,13H2,2,5H3;3-4,6-11,13H,2,5,12H2,1H3;1-2H3;1-2H/b10-9-,12-7-,20-14+,21-11+;;;. The van der Waals surface area contributed by atoms with Crippen molar-refractivity contribution in [3.05, 3.63) is 169 Å². The molecule has 0 bridgehead atoms. The highest BCUT2D eigenvalue weighted by Crippen LogP contribution is 2.25. The lowest BCUT2D eigenvalue weighted by atomic mass is 9.91. The van der Waals surface area contributed by atoms with Crippen molar-refractivity contribution < 1.29 is 0 Å². The van der Waals surface area contributed by atoms with Crippen LogP contribution < -0.4 is 0 Å². The van der Waals surface area contributed by atoms with E-state index in [2.05, 4.69) is 137 Å². The molecule has 0 saturated heterocycles. The van der Waals surface area contributed by atoms with Gasteiger partial charge >= 0.3 is 0 Å².